The topological polar surface area (TPSA) is 43.4 Å². The minimum absolute atomic E-state index is 0.223. The van der Waals surface area contributed by atoms with Crippen molar-refractivity contribution < 1.29 is 14.3 Å². The first kappa shape index (κ1) is 16.0. The Hall–Kier alpha value is -2.91. The van der Waals surface area contributed by atoms with E-state index in [-0.39, 0.29) is 11.3 Å². The molecule has 0 saturated carbocycles. The van der Waals surface area contributed by atoms with E-state index < -0.39 is 5.97 Å². The van der Waals surface area contributed by atoms with Crippen LogP contribution in [0.15, 0.2) is 78.9 Å². The normalized spacial score (nSPS) is 10.2. The molecule has 3 rings (SSSR count). The number of benzene rings is 3. The molecule has 0 aromatic heterocycles. The lowest BCUT2D eigenvalue weighted by atomic mass is 9.98. The van der Waals surface area contributed by atoms with Crippen molar-refractivity contribution in [1.29, 1.82) is 0 Å². The molecule has 3 nitrogen and oxygen atoms in total. The Morgan fingerprint density at radius 2 is 1.29 bits per heavy atom. The van der Waals surface area contributed by atoms with E-state index >= 15 is 0 Å². The third kappa shape index (κ3) is 3.53. The summed E-state index contributed by atoms with van der Waals surface area (Å²) in [7, 11) is 0. The molecule has 0 atom stereocenters. The van der Waals surface area contributed by atoms with Gasteiger partial charge in [0.15, 0.2) is 5.78 Å². The highest BCUT2D eigenvalue weighted by molar-refractivity contribution is 6.30. The van der Waals surface area contributed by atoms with Gasteiger partial charge in [-0.3, -0.25) is 4.79 Å². The molecule has 24 heavy (non-hydrogen) atoms. The van der Waals surface area contributed by atoms with Gasteiger partial charge in [-0.25, -0.2) is 4.79 Å². The highest BCUT2D eigenvalue weighted by Gasteiger charge is 2.19. The van der Waals surface area contributed by atoms with Gasteiger partial charge < -0.3 is 4.74 Å². The molecule has 0 aliphatic heterocycles. The lowest BCUT2D eigenvalue weighted by Crippen LogP contribution is -2.14. The second-order valence-electron chi connectivity index (χ2n) is 5.08. The highest BCUT2D eigenvalue weighted by atomic mass is 35.5. The SMILES string of the molecule is O=C(Oc1ccc(Cl)cc1)c1ccccc1C(=O)c1ccccc1. The molecule has 0 heterocycles. The summed E-state index contributed by atoms with van der Waals surface area (Å²) >= 11 is 5.81. The number of carbonyl (C=O) groups excluding carboxylic acids is 2. The Morgan fingerprint density at radius 3 is 1.96 bits per heavy atom. The predicted molar refractivity (Wildman–Crippen MR) is 92.7 cm³/mol. The number of hydrogen-bond acceptors (Lipinski definition) is 3. The maximum atomic E-state index is 12.6. The molecule has 0 saturated heterocycles. The van der Waals surface area contributed by atoms with Gasteiger partial charge in [0.1, 0.15) is 5.75 Å². The van der Waals surface area contributed by atoms with Crippen LogP contribution in [0.5, 0.6) is 5.75 Å². The fourth-order valence-electron chi connectivity index (χ4n) is 2.27. The zero-order chi connectivity index (χ0) is 16.9. The number of esters is 1. The van der Waals surface area contributed by atoms with Crippen LogP contribution >= 0.6 is 11.6 Å². The van der Waals surface area contributed by atoms with Crippen molar-refractivity contribution in [3.63, 3.8) is 0 Å². The molecule has 118 valence electrons. The molecular formula is C20H13ClO3. The second-order valence-corrected chi connectivity index (χ2v) is 5.52. The van der Waals surface area contributed by atoms with Gasteiger partial charge in [0.25, 0.3) is 0 Å². The number of rotatable bonds is 4. The summed E-state index contributed by atoms with van der Waals surface area (Å²) in [6.07, 6.45) is 0. The van der Waals surface area contributed by atoms with E-state index in [0.29, 0.717) is 21.9 Å². The van der Waals surface area contributed by atoms with Gasteiger partial charge in [0.2, 0.25) is 0 Å². The molecule has 0 N–H and O–H groups in total. The molecule has 0 fully saturated rings. The molecule has 0 aliphatic carbocycles. The summed E-state index contributed by atoms with van der Waals surface area (Å²) in [5, 5.41) is 0.550. The number of halogens is 1. The van der Waals surface area contributed by atoms with Gasteiger partial charge in [-0.2, -0.15) is 0 Å². The summed E-state index contributed by atoms with van der Waals surface area (Å²) in [6, 6.07) is 21.9. The molecule has 0 spiro atoms. The van der Waals surface area contributed by atoms with E-state index in [1.165, 1.54) is 0 Å². The molecule has 0 amide bonds. The van der Waals surface area contributed by atoms with Crippen molar-refractivity contribution in [3.05, 3.63) is 101 Å². The van der Waals surface area contributed by atoms with Crippen LogP contribution in [0.2, 0.25) is 5.02 Å². The average molecular weight is 337 g/mol. The monoisotopic (exact) mass is 336 g/mol. The van der Waals surface area contributed by atoms with Crippen LogP contribution in [-0.4, -0.2) is 11.8 Å². The largest absolute Gasteiger partial charge is 0.423 e. The zero-order valence-electron chi connectivity index (χ0n) is 12.6. The van der Waals surface area contributed by atoms with Crippen LogP contribution in [0, 0.1) is 0 Å². The standard InChI is InChI=1S/C20H13ClO3/c21-15-10-12-16(13-11-15)24-20(23)18-9-5-4-8-17(18)19(22)14-6-2-1-3-7-14/h1-13H. The van der Waals surface area contributed by atoms with Gasteiger partial charge in [0.05, 0.1) is 5.56 Å². The van der Waals surface area contributed by atoms with Gasteiger partial charge in [0, 0.05) is 16.1 Å². The highest BCUT2D eigenvalue weighted by Crippen LogP contribution is 2.20. The van der Waals surface area contributed by atoms with E-state index in [0.717, 1.165) is 0 Å². The molecule has 3 aromatic rings. The van der Waals surface area contributed by atoms with Gasteiger partial charge in [-0.1, -0.05) is 60.1 Å². The number of ketones is 1. The maximum Gasteiger partial charge on any atom is 0.344 e. The molecule has 0 radical (unpaired) electrons. The van der Waals surface area contributed by atoms with E-state index in [1.807, 2.05) is 6.07 Å². The van der Waals surface area contributed by atoms with Gasteiger partial charge >= 0.3 is 5.97 Å². The van der Waals surface area contributed by atoms with Crippen LogP contribution in [0.25, 0.3) is 0 Å². The number of carbonyl (C=O) groups is 2. The first-order valence-corrected chi connectivity index (χ1v) is 7.69. The zero-order valence-corrected chi connectivity index (χ0v) is 13.4. The summed E-state index contributed by atoms with van der Waals surface area (Å²) in [5.41, 5.74) is 1.05. The lowest BCUT2D eigenvalue weighted by molar-refractivity contribution is 0.0730. The summed E-state index contributed by atoms with van der Waals surface area (Å²) < 4.78 is 5.33. The molecule has 0 unspecified atom stereocenters. The molecule has 0 aliphatic rings. The van der Waals surface area contributed by atoms with Crippen molar-refractivity contribution in [2.45, 2.75) is 0 Å². The van der Waals surface area contributed by atoms with Crippen LogP contribution in [0.1, 0.15) is 26.3 Å². The van der Waals surface area contributed by atoms with Crippen molar-refractivity contribution in [1.82, 2.24) is 0 Å². The van der Waals surface area contributed by atoms with Crippen LogP contribution in [0.3, 0.4) is 0 Å². The van der Waals surface area contributed by atoms with E-state index in [4.69, 9.17) is 16.3 Å². The second kappa shape index (κ2) is 7.11. The Kier molecular flexibility index (Phi) is 4.73. The van der Waals surface area contributed by atoms with Crippen LogP contribution in [0.4, 0.5) is 0 Å². The average Bonchev–Trinajstić information content (AvgIpc) is 2.63. The van der Waals surface area contributed by atoms with E-state index in [1.54, 1.807) is 72.8 Å². The smallest absolute Gasteiger partial charge is 0.344 e. The minimum atomic E-state index is -0.586. The number of hydrogen-bond donors (Lipinski definition) is 0. The molecule has 3 aromatic carbocycles. The van der Waals surface area contributed by atoms with E-state index in [2.05, 4.69) is 0 Å². The number of ether oxygens (including phenoxy) is 1. The third-order valence-corrected chi connectivity index (χ3v) is 3.70. The fourth-order valence-corrected chi connectivity index (χ4v) is 2.39. The van der Waals surface area contributed by atoms with Crippen LogP contribution < -0.4 is 4.74 Å². The van der Waals surface area contributed by atoms with Crippen LogP contribution in [-0.2, 0) is 0 Å². The Balaban J connectivity index is 1.90. The molecular weight excluding hydrogens is 324 g/mol. The molecule has 0 bridgehead atoms. The minimum Gasteiger partial charge on any atom is -0.423 e. The van der Waals surface area contributed by atoms with Crippen molar-refractivity contribution in [2.75, 3.05) is 0 Å². The van der Waals surface area contributed by atoms with Gasteiger partial charge in [-0.05, 0) is 30.3 Å². The quantitative estimate of drug-likeness (QED) is 0.391. The van der Waals surface area contributed by atoms with E-state index in [9.17, 15) is 9.59 Å². The van der Waals surface area contributed by atoms with Crippen molar-refractivity contribution >= 4 is 23.4 Å². The van der Waals surface area contributed by atoms with Gasteiger partial charge in [-0.15, -0.1) is 0 Å². The maximum absolute atomic E-state index is 12.6. The summed E-state index contributed by atoms with van der Waals surface area (Å²) in [6.45, 7) is 0. The summed E-state index contributed by atoms with van der Waals surface area (Å²) in [4.78, 5) is 25.1. The first-order chi connectivity index (χ1) is 11.6. The predicted octanol–water partition coefficient (Wildman–Crippen LogP) is 4.79. The third-order valence-electron chi connectivity index (χ3n) is 3.45. The van der Waals surface area contributed by atoms with Crippen molar-refractivity contribution in [2.24, 2.45) is 0 Å². The first-order valence-electron chi connectivity index (χ1n) is 7.31. The Labute approximate surface area is 144 Å². The Morgan fingerprint density at radius 1 is 0.708 bits per heavy atom. The van der Waals surface area contributed by atoms with Crippen molar-refractivity contribution in [3.8, 4) is 5.75 Å². The summed E-state index contributed by atoms with van der Waals surface area (Å²) in [5.74, 6) is -0.442. The lowest BCUT2D eigenvalue weighted by Gasteiger charge is -2.09. The fraction of sp³-hybridized carbons (Fsp3) is 0. The molecule has 4 heteroatoms. The Bertz CT molecular complexity index is 871.